The van der Waals surface area contributed by atoms with Gasteiger partial charge in [0.25, 0.3) is 5.91 Å². The van der Waals surface area contributed by atoms with Gasteiger partial charge in [-0.2, -0.15) is 18.4 Å². The highest BCUT2D eigenvalue weighted by atomic mass is 32.1. The molecule has 35 heavy (non-hydrogen) atoms. The van der Waals surface area contributed by atoms with Crippen LogP contribution in [-0.2, 0) is 20.5 Å². The fourth-order valence-corrected chi connectivity index (χ4v) is 4.77. The lowest BCUT2D eigenvalue weighted by Crippen LogP contribution is -2.55. The second kappa shape index (κ2) is 9.15. The van der Waals surface area contributed by atoms with Gasteiger partial charge in [-0.05, 0) is 80.4 Å². The van der Waals surface area contributed by atoms with Gasteiger partial charge in [0.2, 0.25) is 0 Å². The van der Waals surface area contributed by atoms with Gasteiger partial charge in [-0.15, -0.1) is 0 Å². The average molecular weight is 500 g/mol. The molecule has 0 bridgehead atoms. The summed E-state index contributed by atoms with van der Waals surface area (Å²) in [5, 5.41) is 9.16. The fraction of sp³-hybridized carbons (Fsp3) is 0.280. The highest BCUT2D eigenvalue weighted by Crippen LogP contribution is 2.48. The second-order valence-electron chi connectivity index (χ2n) is 8.16. The van der Waals surface area contributed by atoms with Crippen molar-refractivity contribution in [3.8, 4) is 6.07 Å². The summed E-state index contributed by atoms with van der Waals surface area (Å²) < 4.78 is 45.4. The van der Waals surface area contributed by atoms with E-state index in [0.717, 1.165) is 29.0 Å². The number of rotatable bonds is 5. The van der Waals surface area contributed by atoms with Crippen molar-refractivity contribution in [1.82, 2.24) is 0 Å². The molecule has 0 radical (unpaired) electrons. The predicted molar refractivity (Wildman–Crippen MR) is 127 cm³/mol. The van der Waals surface area contributed by atoms with Crippen molar-refractivity contribution < 1.29 is 27.5 Å². The first-order chi connectivity index (χ1) is 16.6. The summed E-state index contributed by atoms with van der Waals surface area (Å²) in [6, 6.07) is 11.7. The molecule has 4 rings (SSSR count). The summed E-state index contributed by atoms with van der Waals surface area (Å²) in [5.41, 5.74) is -1.31. The molecule has 1 amide bonds. The number of carbonyl (C=O) groups is 2. The molecule has 10 heteroatoms. The summed E-state index contributed by atoms with van der Waals surface area (Å²) in [6.07, 6.45) is -0.0614. The van der Waals surface area contributed by atoms with Crippen LogP contribution in [0.25, 0.3) is 6.08 Å². The van der Waals surface area contributed by atoms with Crippen molar-refractivity contribution in [1.29, 1.82) is 5.26 Å². The zero-order valence-electron chi connectivity index (χ0n) is 18.6. The Labute approximate surface area is 205 Å². The molecular formula is C25H20F3N3O3S. The molecule has 0 atom stereocenters. The van der Waals surface area contributed by atoms with Crippen molar-refractivity contribution in [2.24, 2.45) is 0 Å². The highest BCUT2D eigenvalue weighted by molar-refractivity contribution is 7.81. The van der Waals surface area contributed by atoms with E-state index in [9.17, 15) is 22.8 Å². The number of amides is 1. The summed E-state index contributed by atoms with van der Waals surface area (Å²) in [5.74, 6) is -0.856. The number of nitriles is 1. The summed E-state index contributed by atoms with van der Waals surface area (Å²) >= 11 is 5.61. The standard InChI is InChI=1S/C25H20F3N3O3S/c1-2-34-21(32)11-6-16-4-8-18(9-5-16)31-23(35)30(22(33)24(31)12-3-13-24)19-10-7-17(15-29)20(14-19)25(26,27)28/h4-11,14H,2-3,12-13H2,1H3/b11-6+. The molecule has 2 fully saturated rings. The lowest BCUT2D eigenvalue weighted by atomic mass is 9.75. The van der Waals surface area contributed by atoms with Crippen LogP contribution in [0.2, 0.25) is 0 Å². The number of ether oxygens (including phenoxy) is 1. The number of benzene rings is 2. The van der Waals surface area contributed by atoms with Crippen molar-refractivity contribution in [3.63, 3.8) is 0 Å². The second-order valence-corrected chi connectivity index (χ2v) is 8.53. The molecule has 0 unspecified atom stereocenters. The molecule has 1 saturated heterocycles. The highest BCUT2D eigenvalue weighted by Gasteiger charge is 2.59. The van der Waals surface area contributed by atoms with Gasteiger partial charge < -0.3 is 9.64 Å². The van der Waals surface area contributed by atoms with E-state index in [2.05, 4.69) is 0 Å². The maximum Gasteiger partial charge on any atom is 0.417 e. The van der Waals surface area contributed by atoms with Gasteiger partial charge in [0.15, 0.2) is 5.11 Å². The van der Waals surface area contributed by atoms with Crippen LogP contribution in [0.4, 0.5) is 24.5 Å². The minimum atomic E-state index is -4.76. The Morgan fingerprint density at radius 3 is 2.40 bits per heavy atom. The molecule has 2 aromatic rings. The van der Waals surface area contributed by atoms with E-state index in [1.54, 1.807) is 48.2 Å². The van der Waals surface area contributed by atoms with Gasteiger partial charge in [0, 0.05) is 11.8 Å². The monoisotopic (exact) mass is 499 g/mol. The zero-order valence-corrected chi connectivity index (χ0v) is 19.4. The number of halogens is 3. The first-order valence-electron chi connectivity index (χ1n) is 10.9. The van der Waals surface area contributed by atoms with E-state index < -0.39 is 34.7 Å². The van der Waals surface area contributed by atoms with Gasteiger partial charge >= 0.3 is 12.1 Å². The number of anilines is 2. The Morgan fingerprint density at radius 2 is 1.86 bits per heavy atom. The first-order valence-corrected chi connectivity index (χ1v) is 11.3. The first kappa shape index (κ1) is 24.4. The SMILES string of the molecule is CCOC(=O)/C=C/c1ccc(N2C(=S)N(c3ccc(C#N)c(C(F)(F)F)c3)C(=O)C23CCC3)cc1. The van der Waals surface area contributed by atoms with Crippen LogP contribution >= 0.6 is 12.2 Å². The van der Waals surface area contributed by atoms with Gasteiger partial charge in [-0.1, -0.05) is 12.1 Å². The van der Waals surface area contributed by atoms with Gasteiger partial charge in [0.1, 0.15) is 5.54 Å². The van der Waals surface area contributed by atoms with E-state index in [4.69, 9.17) is 22.2 Å². The van der Waals surface area contributed by atoms with E-state index in [0.29, 0.717) is 18.5 Å². The number of hydrogen-bond donors (Lipinski definition) is 0. The molecular weight excluding hydrogens is 479 g/mol. The molecule has 180 valence electrons. The minimum absolute atomic E-state index is 0.0332. The van der Waals surface area contributed by atoms with Crippen LogP contribution in [0.3, 0.4) is 0 Å². The van der Waals surface area contributed by atoms with Gasteiger partial charge in [0.05, 0.1) is 29.5 Å². The largest absolute Gasteiger partial charge is 0.463 e. The summed E-state index contributed by atoms with van der Waals surface area (Å²) in [7, 11) is 0. The quantitative estimate of drug-likeness (QED) is 0.319. The molecule has 1 aliphatic carbocycles. The molecule has 6 nitrogen and oxygen atoms in total. The lowest BCUT2D eigenvalue weighted by molar-refractivity contribution is -0.138. The number of carbonyl (C=O) groups excluding carboxylic acids is 2. The van der Waals surface area contributed by atoms with Crippen LogP contribution in [0, 0.1) is 11.3 Å². The Morgan fingerprint density at radius 1 is 1.20 bits per heavy atom. The summed E-state index contributed by atoms with van der Waals surface area (Å²) in [6.45, 7) is 1.98. The Bertz CT molecular complexity index is 1260. The van der Waals surface area contributed by atoms with E-state index in [-0.39, 0.29) is 17.4 Å². The predicted octanol–water partition coefficient (Wildman–Crippen LogP) is 5.21. The smallest absolute Gasteiger partial charge is 0.417 e. The molecule has 0 aromatic heterocycles. The third kappa shape index (κ3) is 4.28. The maximum absolute atomic E-state index is 13.5. The fourth-order valence-electron chi connectivity index (χ4n) is 4.30. The van der Waals surface area contributed by atoms with Crippen LogP contribution in [-0.4, -0.2) is 29.1 Å². The lowest BCUT2D eigenvalue weighted by Gasteiger charge is -2.43. The topological polar surface area (TPSA) is 73.6 Å². The summed E-state index contributed by atoms with van der Waals surface area (Å²) in [4.78, 5) is 27.9. The third-order valence-electron chi connectivity index (χ3n) is 6.13. The number of alkyl halides is 3. The molecule has 1 spiro atoms. The van der Waals surface area contributed by atoms with Crippen molar-refractivity contribution >= 4 is 46.7 Å². The molecule has 2 aromatic carbocycles. The van der Waals surface area contributed by atoms with E-state index >= 15 is 0 Å². The molecule has 2 aliphatic rings. The van der Waals surface area contributed by atoms with Crippen molar-refractivity contribution in [3.05, 3.63) is 65.2 Å². The molecule has 1 saturated carbocycles. The molecule has 1 heterocycles. The molecule has 0 N–H and O–H groups in total. The molecule has 1 aliphatic heterocycles. The van der Waals surface area contributed by atoms with Crippen LogP contribution in [0.15, 0.2) is 48.5 Å². The number of esters is 1. The third-order valence-corrected chi connectivity index (χ3v) is 6.49. The Kier molecular flexibility index (Phi) is 6.38. The van der Waals surface area contributed by atoms with Crippen LogP contribution in [0.5, 0.6) is 0 Å². The van der Waals surface area contributed by atoms with Gasteiger partial charge in [-0.3, -0.25) is 9.69 Å². The van der Waals surface area contributed by atoms with Crippen LogP contribution in [0.1, 0.15) is 42.9 Å². The number of thiocarbonyl (C=S) groups is 1. The van der Waals surface area contributed by atoms with Crippen molar-refractivity contribution in [2.75, 3.05) is 16.4 Å². The number of nitrogens with zero attached hydrogens (tertiary/aromatic N) is 3. The van der Waals surface area contributed by atoms with Crippen molar-refractivity contribution in [2.45, 2.75) is 37.9 Å². The normalized spacial score (nSPS) is 17.1. The van der Waals surface area contributed by atoms with Gasteiger partial charge in [-0.25, -0.2) is 4.79 Å². The zero-order chi connectivity index (χ0) is 25.4. The van der Waals surface area contributed by atoms with E-state index in [1.807, 2.05) is 0 Å². The number of hydrogen-bond acceptors (Lipinski definition) is 5. The average Bonchev–Trinajstić information content (AvgIpc) is 3.04. The Hall–Kier alpha value is -3.71. The Balaban J connectivity index is 1.68. The minimum Gasteiger partial charge on any atom is -0.463 e. The maximum atomic E-state index is 13.5. The van der Waals surface area contributed by atoms with Crippen LogP contribution < -0.4 is 9.80 Å². The van der Waals surface area contributed by atoms with E-state index in [1.165, 1.54) is 12.1 Å².